The molecule has 0 unspecified atom stereocenters. The van der Waals surface area contributed by atoms with Crippen LogP contribution in [-0.4, -0.2) is 11.5 Å². The molecule has 0 amide bonds. The van der Waals surface area contributed by atoms with E-state index in [1.165, 1.54) is 16.6 Å². The standard InChI is InChI=1S/C14H18N2/c1-3-8-15-14-7-9-16-13-6-5-11(4-2)10-12(13)14/h5-7,9-10H,3-4,8H2,1-2H3,(H,15,16). The first kappa shape index (κ1) is 10.9. The van der Waals surface area contributed by atoms with Crippen LogP contribution in [0.15, 0.2) is 30.5 Å². The van der Waals surface area contributed by atoms with Gasteiger partial charge in [-0.05, 0) is 36.6 Å². The van der Waals surface area contributed by atoms with Crippen molar-refractivity contribution in [1.29, 1.82) is 0 Å². The molecule has 1 aromatic heterocycles. The van der Waals surface area contributed by atoms with E-state index >= 15 is 0 Å². The summed E-state index contributed by atoms with van der Waals surface area (Å²) in [5.74, 6) is 0. The fourth-order valence-electron chi connectivity index (χ4n) is 1.83. The van der Waals surface area contributed by atoms with E-state index in [9.17, 15) is 0 Å². The number of nitrogens with zero attached hydrogens (tertiary/aromatic N) is 1. The van der Waals surface area contributed by atoms with E-state index in [-0.39, 0.29) is 0 Å². The van der Waals surface area contributed by atoms with Crippen LogP contribution in [0.5, 0.6) is 0 Å². The van der Waals surface area contributed by atoms with Gasteiger partial charge in [-0.25, -0.2) is 0 Å². The predicted octanol–water partition coefficient (Wildman–Crippen LogP) is 3.62. The van der Waals surface area contributed by atoms with Crippen molar-refractivity contribution in [1.82, 2.24) is 4.98 Å². The van der Waals surface area contributed by atoms with Crippen molar-refractivity contribution in [2.75, 3.05) is 11.9 Å². The number of pyridine rings is 1. The fraction of sp³-hybridized carbons (Fsp3) is 0.357. The molecule has 2 nitrogen and oxygen atoms in total. The Morgan fingerprint density at radius 2 is 2.06 bits per heavy atom. The summed E-state index contributed by atoms with van der Waals surface area (Å²) in [5, 5.41) is 4.68. The normalized spacial score (nSPS) is 10.6. The molecule has 0 saturated heterocycles. The largest absolute Gasteiger partial charge is 0.384 e. The highest BCUT2D eigenvalue weighted by Crippen LogP contribution is 2.22. The van der Waals surface area contributed by atoms with Gasteiger partial charge < -0.3 is 5.32 Å². The van der Waals surface area contributed by atoms with Gasteiger partial charge in [0.15, 0.2) is 0 Å². The monoisotopic (exact) mass is 214 g/mol. The minimum absolute atomic E-state index is 1.01. The van der Waals surface area contributed by atoms with Crippen LogP contribution in [0.4, 0.5) is 5.69 Å². The number of fused-ring (bicyclic) bond motifs is 1. The SMILES string of the molecule is CCCNc1ccnc2ccc(CC)cc12. The topological polar surface area (TPSA) is 24.9 Å². The Hall–Kier alpha value is -1.57. The van der Waals surface area contributed by atoms with Crippen LogP contribution >= 0.6 is 0 Å². The van der Waals surface area contributed by atoms with Crippen molar-refractivity contribution >= 4 is 16.6 Å². The van der Waals surface area contributed by atoms with Gasteiger partial charge >= 0.3 is 0 Å². The second-order valence-electron chi connectivity index (χ2n) is 3.99. The van der Waals surface area contributed by atoms with Crippen LogP contribution < -0.4 is 5.32 Å². The van der Waals surface area contributed by atoms with E-state index in [0.29, 0.717) is 0 Å². The van der Waals surface area contributed by atoms with E-state index in [4.69, 9.17) is 0 Å². The number of rotatable bonds is 4. The number of aryl methyl sites for hydroxylation is 1. The highest BCUT2D eigenvalue weighted by molar-refractivity contribution is 5.91. The van der Waals surface area contributed by atoms with Gasteiger partial charge in [-0.1, -0.05) is 19.9 Å². The van der Waals surface area contributed by atoms with Crippen LogP contribution in [0.2, 0.25) is 0 Å². The smallest absolute Gasteiger partial charge is 0.0722 e. The van der Waals surface area contributed by atoms with Crippen molar-refractivity contribution in [2.45, 2.75) is 26.7 Å². The van der Waals surface area contributed by atoms with Gasteiger partial charge in [-0.15, -0.1) is 0 Å². The van der Waals surface area contributed by atoms with Gasteiger partial charge in [0, 0.05) is 23.8 Å². The number of nitrogens with one attached hydrogen (secondary N) is 1. The lowest BCUT2D eigenvalue weighted by Gasteiger charge is -2.09. The van der Waals surface area contributed by atoms with Crippen LogP contribution in [0, 0.1) is 0 Å². The minimum Gasteiger partial charge on any atom is -0.384 e. The molecule has 0 fully saturated rings. The number of hydrogen-bond acceptors (Lipinski definition) is 2. The third-order valence-electron chi connectivity index (χ3n) is 2.78. The Morgan fingerprint density at radius 1 is 1.19 bits per heavy atom. The summed E-state index contributed by atoms with van der Waals surface area (Å²) in [4.78, 5) is 4.39. The second kappa shape index (κ2) is 4.97. The molecule has 1 heterocycles. The lowest BCUT2D eigenvalue weighted by atomic mass is 10.1. The van der Waals surface area contributed by atoms with Crippen molar-refractivity contribution in [3.8, 4) is 0 Å². The fourth-order valence-corrected chi connectivity index (χ4v) is 1.83. The number of benzene rings is 1. The summed E-state index contributed by atoms with van der Waals surface area (Å²) < 4.78 is 0. The van der Waals surface area contributed by atoms with E-state index < -0.39 is 0 Å². The van der Waals surface area contributed by atoms with E-state index in [0.717, 1.165) is 24.9 Å². The zero-order valence-corrected chi connectivity index (χ0v) is 9.96. The Labute approximate surface area is 96.7 Å². The van der Waals surface area contributed by atoms with Crippen molar-refractivity contribution in [3.05, 3.63) is 36.0 Å². The molecule has 0 atom stereocenters. The van der Waals surface area contributed by atoms with Gasteiger partial charge in [0.1, 0.15) is 0 Å². The van der Waals surface area contributed by atoms with Gasteiger partial charge in [-0.2, -0.15) is 0 Å². The Balaban J connectivity index is 2.46. The molecule has 0 bridgehead atoms. The van der Waals surface area contributed by atoms with E-state index in [2.05, 4.69) is 48.4 Å². The van der Waals surface area contributed by atoms with Gasteiger partial charge in [0.25, 0.3) is 0 Å². The molecule has 84 valence electrons. The molecule has 1 aromatic carbocycles. The number of anilines is 1. The van der Waals surface area contributed by atoms with E-state index in [1.807, 2.05) is 6.20 Å². The Kier molecular flexibility index (Phi) is 3.40. The quantitative estimate of drug-likeness (QED) is 0.840. The zero-order chi connectivity index (χ0) is 11.4. The minimum atomic E-state index is 1.01. The van der Waals surface area contributed by atoms with Gasteiger partial charge in [-0.3, -0.25) is 4.98 Å². The summed E-state index contributed by atoms with van der Waals surface area (Å²) >= 11 is 0. The maximum absolute atomic E-state index is 4.39. The van der Waals surface area contributed by atoms with Gasteiger partial charge in [0.2, 0.25) is 0 Å². The third-order valence-corrected chi connectivity index (χ3v) is 2.78. The molecule has 0 radical (unpaired) electrons. The van der Waals surface area contributed by atoms with Crippen LogP contribution in [0.3, 0.4) is 0 Å². The number of hydrogen-bond donors (Lipinski definition) is 1. The molecule has 0 spiro atoms. The first-order valence-electron chi connectivity index (χ1n) is 5.96. The lowest BCUT2D eigenvalue weighted by Crippen LogP contribution is -2.00. The average Bonchev–Trinajstić information content (AvgIpc) is 2.35. The molecule has 2 rings (SSSR count). The maximum atomic E-state index is 4.39. The molecule has 1 N–H and O–H groups in total. The summed E-state index contributed by atoms with van der Waals surface area (Å²) in [6.45, 7) is 5.36. The van der Waals surface area contributed by atoms with Gasteiger partial charge in [0.05, 0.1) is 5.52 Å². The Bertz CT molecular complexity index is 477. The number of aromatic nitrogens is 1. The van der Waals surface area contributed by atoms with Crippen molar-refractivity contribution < 1.29 is 0 Å². The first-order valence-corrected chi connectivity index (χ1v) is 5.96. The summed E-state index contributed by atoms with van der Waals surface area (Å²) in [5.41, 5.74) is 3.63. The molecule has 0 aliphatic carbocycles. The van der Waals surface area contributed by atoms with Crippen LogP contribution in [-0.2, 0) is 6.42 Å². The average molecular weight is 214 g/mol. The molecule has 16 heavy (non-hydrogen) atoms. The maximum Gasteiger partial charge on any atom is 0.0722 e. The molecule has 2 heteroatoms. The first-order chi connectivity index (χ1) is 7.85. The Morgan fingerprint density at radius 3 is 2.81 bits per heavy atom. The second-order valence-corrected chi connectivity index (χ2v) is 3.99. The molecular weight excluding hydrogens is 196 g/mol. The highest BCUT2D eigenvalue weighted by atomic mass is 14.9. The van der Waals surface area contributed by atoms with Crippen molar-refractivity contribution in [2.24, 2.45) is 0 Å². The van der Waals surface area contributed by atoms with Crippen LogP contribution in [0.1, 0.15) is 25.8 Å². The molecular formula is C14H18N2. The summed E-state index contributed by atoms with van der Waals surface area (Å²) in [7, 11) is 0. The molecule has 2 aromatic rings. The highest BCUT2D eigenvalue weighted by Gasteiger charge is 2.01. The predicted molar refractivity (Wildman–Crippen MR) is 69.9 cm³/mol. The molecule has 0 aliphatic rings. The third kappa shape index (κ3) is 2.16. The summed E-state index contributed by atoms with van der Waals surface area (Å²) in [6, 6.07) is 8.54. The summed E-state index contributed by atoms with van der Waals surface area (Å²) in [6.07, 6.45) is 4.07. The van der Waals surface area contributed by atoms with Crippen LogP contribution in [0.25, 0.3) is 10.9 Å². The zero-order valence-electron chi connectivity index (χ0n) is 9.96. The van der Waals surface area contributed by atoms with Crippen molar-refractivity contribution in [3.63, 3.8) is 0 Å². The van der Waals surface area contributed by atoms with E-state index in [1.54, 1.807) is 0 Å². The lowest BCUT2D eigenvalue weighted by molar-refractivity contribution is 0.981. The molecule has 0 aliphatic heterocycles. The molecule has 0 saturated carbocycles.